The summed E-state index contributed by atoms with van der Waals surface area (Å²) in [5.41, 5.74) is 3.99. The molecule has 0 saturated carbocycles. The van der Waals surface area contributed by atoms with E-state index in [1.807, 2.05) is 54.6 Å². The van der Waals surface area contributed by atoms with E-state index in [1.54, 1.807) is 12.1 Å². The van der Waals surface area contributed by atoms with Crippen LogP contribution in [0.4, 0.5) is 0 Å². The maximum atomic E-state index is 5.96. The van der Waals surface area contributed by atoms with Gasteiger partial charge in [-0.05, 0) is 49.4 Å². The van der Waals surface area contributed by atoms with Crippen molar-refractivity contribution in [3.05, 3.63) is 95.3 Å². The summed E-state index contributed by atoms with van der Waals surface area (Å²) in [6.45, 7) is 2.07. The molecule has 0 spiro atoms. The minimum Gasteiger partial charge on any atom is -0.420 e. The van der Waals surface area contributed by atoms with Gasteiger partial charge in [0.25, 0.3) is 0 Å². The van der Waals surface area contributed by atoms with E-state index < -0.39 is 0 Å². The van der Waals surface area contributed by atoms with Gasteiger partial charge >= 0.3 is 0 Å². The monoisotopic (exact) mass is 459 g/mol. The first-order chi connectivity index (χ1) is 15.7. The van der Waals surface area contributed by atoms with Crippen LogP contribution in [0.1, 0.15) is 11.5 Å². The van der Waals surface area contributed by atoms with Crippen molar-refractivity contribution >= 4 is 23.4 Å². The molecule has 5 rings (SSSR count). The molecule has 0 unspecified atom stereocenters. The Morgan fingerprint density at radius 1 is 0.844 bits per heavy atom. The van der Waals surface area contributed by atoms with Crippen molar-refractivity contribution in [2.75, 3.05) is 0 Å². The van der Waals surface area contributed by atoms with Gasteiger partial charge in [0.2, 0.25) is 11.8 Å². The molecule has 0 radical (unpaired) electrons. The molecule has 0 fully saturated rings. The lowest BCUT2D eigenvalue weighted by Crippen LogP contribution is -1.99. The number of hydrogen-bond donors (Lipinski definition) is 0. The van der Waals surface area contributed by atoms with Crippen molar-refractivity contribution in [3.63, 3.8) is 0 Å². The van der Waals surface area contributed by atoms with Crippen LogP contribution in [0.5, 0.6) is 0 Å². The second kappa shape index (κ2) is 8.98. The van der Waals surface area contributed by atoms with Crippen LogP contribution in [0.15, 0.2) is 88.4 Å². The molecule has 0 amide bonds. The highest BCUT2D eigenvalue weighted by atomic mass is 35.5. The molecule has 3 aromatic carbocycles. The van der Waals surface area contributed by atoms with Crippen LogP contribution in [-0.4, -0.2) is 25.0 Å². The Morgan fingerprint density at radius 2 is 1.66 bits per heavy atom. The summed E-state index contributed by atoms with van der Waals surface area (Å²) in [5.74, 6) is 2.23. The zero-order valence-electron chi connectivity index (χ0n) is 17.1. The van der Waals surface area contributed by atoms with Crippen LogP contribution in [0.3, 0.4) is 0 Å². The first-order valence-corrected chi connectivity index (χ1v) is 11.3. The van der Waals surface area contributed by atoms with E-state index in [4.69, 9.17) is 16.0 Å². The van der Waals surface area contributed by atoms with Crippen molar-refractivity contribution in [1.29, 1.82) is 0 Å². The van der Waals surface area contributed by atoms with Crippen LogP contribution in [0.2, 0.25) is 5.02 Å². The van der Waals surface area contributed by atoms with Gasteiger partial charge in [0.1, 0.15) is 0 Å². The number of thioether (sulfide) groups is 1. The van der Waals surface area contributed by atoms with Gasteiger partial charge in [0.15, 0.2) is 11.0 Å². The molecule has 0 aliphatic heterocycles. The van der Waals surface area contributed by atoms with E-state index in [0.29, 0.717) is 22.6 Å². The van der Waals surface area contributed by atoms with Crippen LogP contribution in [0, 0.1) is 6.92 Å². The fourth-order valence-electron chi connectivity index (χ4n) is 3.29. The van der Waals surface area contributed by atoms with Crippen molar-refractivity contribution < 1.29 is 4.42 Å². The van der Waals surface area contributed by atoms with Gasteiger partial charge in [0.05, 0.1) is 5.75 Å². The van der Waals surface area contributed by atoms with Crippen molar-refractivity contribution in [2.24, 2.45) is 0 Å². The first kappa shape index (κ1) is 20.5. The lowest BCUT2D eigenvalue weighted by atomic mass is 10.1. The molecular formula is C24H18ClN5OS. The summed E-state index contributed by atoms with van der Waals surface area (Å²) >= 11 is 7.45. The molecule has 0 atom stereocenters. The SMILES string of the molecule is Cc1cccc(-c2nnc(SCc3nnc(-c4ccc(Cl)cc4)o3)n2-c2ccccc2)c1. The maximum absolute atomic E-state index is 5.96. The van der Waals surface area contributed by atoms with Crippen LogP contribution in [0.25, 0.3) is 28.5 Å². The Bertz CT molecular complexity index is 1350. The van der Waals surface area contributed by atoms with Gasteiger partial charge in [-0.1, -0.05) is 65.3 Å². The van der Waals surface area contributed by atoms with E-state index in [2.05, 4.69) is 44.0 Å². The van der Waals surface area contributed by atoms with E-state index in [-0.39, 0.29) is 0 Å². The number of para-hydroxylation sites is 1. The molecule has 0 saturated heterocycles. The van der Waals surface area contributed by atoms with Gasteiger partial charge in [-0.3, -0.25) is 4.57 Å². The average Bonchev–Trinajstić information content (AvgIpc) is 3.46. The zero-order chi connectivity index (χ0) is 21.9. The number of benzene rings is 3. The highest BCUT2D eigenvalue weighted by Gasteiger charge is 2.18. The molecule has 0 bridgehead atoms. The number of aryl methyl sites for hydroxylation is 1. The summed E-state index contributed by atoms with van der Waals surface area (Å²) in [6.07, 6.45) is 0. The number of hydrogen-bond acceptors (Lipinski definition) is 6. The molecule has 0 aliphatic carbocycles. The molecule has 8 heteroatoms. The molecule has 5 aromatic rings. The summed E-state index contributed by atoms with van der Waals surface area (Å²) in [4.78, 5) is 0. The fourth-order valence-corrected chi connectivity index (χ4v) is 4.21. The fraction of sp³-hybridized carbons (Fsp3) is 0.0833. The van der Waals surface area contributed by atoms with E-state index >= 15 is 0 Å². The third-order valence-electron chi connectivity index (χ3n) is 4.81. The van der Waals surface area contributed by atoms with Crippen molar-refractivity contribution in [1.82, 2.24) is 25.0 Å². The summed E-state index contributed by atoms with van der Waals surface area (Å²) < 4.78 is 7.89. The Balaban J connectivity index is 1.44. The Kier molecular flexibility index (Phi) is 5.75. The molecule has 0 aliphatic rings. The van der Waals surface area contributed by atoms with Crippen LogP contribution < -0.4 is 0 Å². The van der Waals surface area contributed by atoms with Gasteiger partial charge in [-0.15, -0.1) is 20.4 Å². The lowest BCUT2D eigenvalue weighted by molar-refractivity contribution is 0.528. The second-order valence-electron chi connectivity index (χ2n) is 7.14. The second-order valence-corrected chi connectivity index (χ2v) is 8.52. The predicted molar refractivity (Wildman–Crippen MR) is 126 cm³/mol. The van der Waals surface area contributed by atoms with Crippen molar-refractivity contribution in [2.45, 2.75) is 17.8 Å². The van der Waals surface area contributed by atoms with Crippen LogP contribution >= 0.6 is 23.4 Å². The highest BCUT2D eigenvalue weighted by Crippen LogP contribution is 2.30. The van der Waals surface area contributed by atoms with Gasteiger partial charge in [0, 0.05) is 21.8 Å². The van der Waals surface area contributed by atoms with E-state index in [0.717, 1.165) is 27.8 Å². The molecule has 2 aromatic heterocycles. The third-order valence-corrected chi connectivity index (χ3v) is 5.97. The smallest absolute Gasteiger partial charge is 0.247 e. The van der Waals surface area contributed by atoms with Gasteiger partial charge < -0.3 is 4.42 Å². The minimum absolute atomic E-state index is 0.460. The normalized spacial score (nSPS) is 11.1. The summed E-state index contributed by atoms with van der Waals surface area (Å²) in [5, 5.41) is 18.7. The maximum Gasteiger partial charge on any atom is 0.247 e. The average molecular weight is 460 g/mol. The van der Waals surface area contributed by atoms with E-state index in [1.165, 1.54) is 17.3 Å². The minimum atomic E-state index is 0.460. The Morgan fingerprint density at radius 3 is 2.44 bits per heavy atom. The van der Waals surface area contributed by atoms with E-state index in [9.17, 15) is 0 Å². The predicted octanol–water partition coefficient (Wildman–Crippen LogP) is 6.24. The quantitative estimate of drug-likeness (QED) is 0.280. The molecule has 0 N–H and O–H groups in total. The Hall–Kier alpha value is -3.42. The Labute approximate surface area is 194 Å². The van der Waals surface area contributed by atoms with Crippen molar-refractivity contribution in [3.8, 4) is 28.5 Å². The molecule has 2 heterocycles. The van der Waals surface area contributed by atoms with Crippen LogP contribution in [-0.2, 0) is 5.75 Å². The third kappa shape index (κ3) is 4.30. The zero-order valence-corrected chi connectivity index (χ0v) is 18.7. The number of aromatic nitrogens is 5. The highest BCUT2D eigenvalue weighted by molar-refractivity contribution is 7.98. The molecule has 158 valence electrons. The number of halogens is 1. The number of rotatable bonds is 6. The standard InChI is InChI=1S/C24H18ClN5OS/c1-16-6-5-7-18(14-16)22-27-29-24(30(22)20-8-3-2-4-9-20)32-15-21-26-28-23(31-21)17-10-12-19(25)13-11-17/h2-14H,15H2,1H3. The largest absolute Gasteiger partial charge is 0.420 e. The number of nitrogens with zero attached hydrogens (tertiary/aromatic N) is 5. The lowest BCUT2D eigenvalue weighted by Gasteiger charge is -2.10. The first-order valence-electron chi connectivity index (χ1n) is 9.96. The molecule has 6 nitrogen and oxygen atoms in total. The molecule has 32 heavy (non-hydrogen) atoms. The molecular weight excluding hydrogens is 442 g/mol. The van der Waals surface area contributed by atoms with Gasteiger partial charge in [-0.2, -0.15) is 0 Å². The topological polar surface area (TPSA) is 69.6 Å². The summed E-state index contributed by atoms with van der Waals surface area (Å²) in [6, 6.07) is 25.6. The van der Waals surface area contributed by atoms with Gasteiger partial charge in [-0.25, -0.2) is 0 Å². The summed E-state index contributed by atoms with van der Waals surface area (Å²) in [7, 11) is 0.